The van der Waals surface area contributed by atoms with Gasteiger partial charge >= 0.3 is 5.97 Å². The highest BCUT2D eigenvalue weighted by Gasteiger charge is 2.33. The Labute approximate surface area is 170 Å². The summed E-state index contributed by atoms with van der Waals surface area (Å²) in [7, 11) is 0. The van der Waals surface area contributed by atoms with Crippen molar-refractivity contribution >= 4 is 5.97 Å². The fraction of sp³-hybridized carbons (Fsp3) is 0.750. The highest BCUT2D eigenvalue weighted by molar-refractivity contribution is 5.75. The first kappa shape index (κ1) is 21.1. The lowest BCUT2D eigenvalue weighted by Crippen LogP contribution is -2.30. The molecule has 1 aromatic rings. The normalized spacial score (nSPS) is 27.9. The summed E-state index contributed by atoms with van der Waals surface area (Å²) in [5, 5.41) is 0. The third-order valence-corrected chi connectivity index (χ3v) is 6.92. The Kier molecular flexibility index (Phi) is 8.17. The molecule has 0 bridgehead atoms. The average Bonchev–Trinajstić information content (AvgIpc) is 2.75. The fourth-order valence-electron chi connectivity index (χ4n) is 4.93. The lowest BCUT2D eigenvalue weighted by molar-refractivity contribution is -0.140. The maximum atomic E-state index is 12.5. The van der Waals surface area contributed by atoms with Crippen molar-refractivity contribution < 1.29 is 14.3 Å². The van der Waals surface area contributed by atoms with E-state index in [1.807, 2.05) is 0 Å². The third kappa shape index (κ3) is 5.96. The van der Waals surface area contributed by atoms with E-state index in [-0.39, 0.29) is 11.9 Å². The zero-order valence-corrected chi connectivity index (χ0v) is 17.7. The molecule has 0 N–H and O–H groups in total. The van der Waals surface area contributed by atoms with Crippen LogP contribution in [0.15, 0.2) is 18.3 Å². The van der Waals surface area contributed by atoms with Crippen molar-refractivity contribution in [3.05, 3.63) is 18.3 Å². The molecule has 28 heavy (non-hydrogen) atoms. The number of carbonyl (C=O) groups is 1. The summed E-state index contributed by atoms with van der Waals surface area (Å²) in [5.74, 6) is 3.74. The van der Waals surface area contributed by atoms with Gasteiger partial charge in [0.05, 0.1) is 18.7 Å². The van der Waals surface area contributed by atoms with Crippen molar-refractivity contribution in [2.75, 3.05) is 6.61 Å². The average molecular weight is 388 g/mol. The van der Waals surface area contributed by atoms with E-state index < -0.39 is 0 Å². The maximum absolute atomic E-state index is 12.5. The second-order valence-corrected chi connectivity index (χ2v) is 8.76. The highest BCUT2D eigenvalue weighted by Crippen LogP contribution is 2.42. The van der Waals surface area contributed by atoms with Crippen LogP contribution >= 0.6 is 0 Å². The molecule has 1 heterocycles. The molecule has 0 amide bonds. The van der Waals surface area contributed by atoms with E-state index >= 15 is 0 Å². The molecule has 3 rings (SSSR count). The minimum atomic E-state index is -0.0883. The molecule has 0 spiro atoms. The summed E-state index contributed by atoms with van der Waals surface area (Å²) < 4.78 is 11.1. The number of ether oxygens (including phenoxy) is 2. The zero-order chi connectivity index (χ0) is 19.8. The summed E-state index contributed by atoms with van der Waals surface area (Å²) in [6.45, 7) is 5.13. The number of esters is 1. The largest absolute Gasteiger partial charge is 0.478 e. The Morgan fingerprint density at radius 3 is 2.25 bits per heavy atom. The van der Waals surface area contributed by atoms with Crippen LogP contribution in [0.1, 0.15) is 84.5 Å². The van der Waals surface area contributed by atoms with Crippen molar-refractivity contribution in [1.82, 2.24) is 4.98 Å². The molecule has 0 aromatic carbocycles. The van der Waals surface area contributed by atoms with Gasteiger partial charge in [0.1, 0.15) is 5.75 Å². The summed E-state index contributed by atoms with van der Waals surface area (Å²) in [4.78, 5) is 16.8. The van der Waals surface area contributed by atoms with Gasteiger partial charge in [0.25, 0.3) is 0 Å². The van der Waals surface area contributed by atoms with E-state index in [1.165, 1.54) is 44.9 Å². The Hall–Kier alpha value is -1.58. The summed E-state index contributed by atoms with van der Waals surface area (Å²) in [6, 6.07) is 3.56. The first-order valence-electron chi connectivity index (χ1n) is 11.5. The SMILES string of the molecule is CCCCOc1ccc(OC(=O)C2CCC(C3CCC(CC)CC3)CC2)cn1. The molecule has 0 radical (unpaired) electrons. The quantitative estimate of drug-likeness (QED) is 0.394. The van der Waals surface area contributed by atoms with Crippen molar-refractivity contribution in [3.63, 3.8) is 0 Å². The van der Waals surface area contributed by atoms with E-state index in [0.717, 1.165) is 43.4 Å². The smallest absolute Gasteiger partial charge is 0.314 e. The monoisotopic (exact) mass is 387 g/mol. The maximum Gasteiger partial charge on any atom is 0.314 e. The predicted molar refractivity (Wildman–Crippen MR) is 111 cm³/mol. The molecule has 2 fully saturated rings. The fourth-order valence-corrected chi connectivity index (χ4v) is 4.93. The van der Waals surface area contributed by atoms with Gasteiger partial charge in [0, 0.05) is 6.07 Å². The molecule has 0 atom stereocenters. The van der Waals surface area contributed by atoms with Gasteiger partial charge in [-0.3, -0.25) is 4.79 Å². The first-order chi connectivity index (χ1) is 13.7. The van der Waals surface area contributed by atoms with Crippen LogP contribution in [0.3, 0.4) is 0 Å². The molecule has 2 aliphatic rings. The first-order valence-corrected chi connectivity index (χ1v) is 11.5. The highest BCUT2D eigenvalue weighted by atomic mass is 16.5. The molecule has 0 aliphatic heterocycles. The molecule has 0 saturated heterocycles. The Bertz CT molecular complexity index is 584. The summed E-state index contributed by atoms with van der Waals surface area (Å²) >= 11 is 0. The summed E-state index contributed by atoms with van der Waals surface area (Å²) in [5.41, 5.74) is 0. The number of hydrogen-bond donors (Lipinski definition) is 0. The van der Waals surface area contributed by atoms with E-state index in [4.69, 9.17) is 9.47 Å². The number of hydrogen-bond acceptors (Lipinski definition) is 4. The molecule has 4 heteroatoms. The molecular formula is C24H37NO3. The van der Waals surface area contributed by atoms with Gasteiger partial charge in [0.15, 0.2) is 0 Å². The number of aromatic nitrogens is 1. The van der Waals surface area contributed by atoms with E-state index in [0.29, 0.717) is 18.2 Å². The molecule has 2 saturated carbocycles. The number of nitrogens with zero attached hydrogens (tertiary/aromatic N) is 1. The minimum Gasteiger partial charge on any atom is -0.478 e. The minimum absolute atomic E-state index is 0.0451. The molecule has 0 unspecified atom stereocenters. The van der Waals surface area contributed by atoms with Crippen LogP contribution in [0.2, 0.25) is 0 Å². The molecule has 1 aromatic heterocycles. The van der Waals surface area contributed by atoms with Crippen LogP contribution in [-0.4, -0.2) is 17.6 Å². The van der Waals surface area contributed by atoms with Crippen molar-refractivity contribution in [2.24, 2.45) is 23.7 Å². The molecule has 2 aliphatic carbocycles. The van der Waals surface area contributed by atoms with Crippen molar-refractivity contribution in [1.29, 1.82) is 0 Å². The Morgan fingerprint density at radius 1 is 1.00 bits per heavy atom. The van der Waals surface area contributed by atoms with Gasteiger partial charge in [-0.15, -0.1) is 0 Å². The number of pyridine rings is 1. The van der Waals surface area contributed by atoms with E-state index in [1.54, 1.807) is 18.3 Å². The summed E-state index contributed by atoms with van der Waals surface area (Å²) in [6.07, 6.45) is 15.0. The topological polar surface area (TPSA) is 48.4 Å². The van der Waals surface area contributed by atoms with Gasteiger partial charge in [-0.05, 0) is 68.8 Å². The van der Waals surface area contributed by atoms with Crippen LogP contribution in [0.4, 0.5) is 0 Å². The van der Waals surface area contributed by atoms with E-state index in [2.05, 4.69) is 18.8 Å². The number of carbonyl (C=O) groups excluding carboxylic acids is 1. The predicted octanol–water partition coefficient (Wildman–Crippen LogP) is 6.19. The lowest BCUT2D eigenvalue weighted by Gasteiger charge is -2.37. The lowest BCUT2D eigenvalue weighted by atomic mass is 9.69. The second-order valence-electron chi connectivity index (χ2n) is 8.76. The van der Waals surface area contributed by atoms with E-state index in [9.17, 15) is 4.79 Å². The standard InChI is InChI=1S/C24H37NO3/c1-3-5-16-27-23-15-14-22(17-25-23)28-24(26)21-12-10-20(11-13-21)19-8-6-18(4-2)7-9-19/h14-15,17-21H,3-13,16H2,1-2H3. The zero-order valence-electron chi connectivity index (χ0n) is 17.7. The van der Waals surface area contributed by atoms with Gasteiger partial charge in [-0.25, -0.2) is 4.98 Å². The van der Waals surface area contributed by atoms with Crippen LogP contribution in [0.5, 0.6) is 11.6 Å². The van der Waals surface area contributed by atoms with Crippen LogP contribution in [0, 0.1) is 23.7 Å². The van der Waals surface area contributed by atoms with Crippen LogP contribution in [0.25, 0.3) is 0 Å². The van der Waals surface area contributed by atoms with Gasteiger partial charge in [-0.2, -0.15) is 0 Å². The molecule has 156 valence electrons. The van der Waals surface area contributed by atoms with Crippen LogP contribution < -0.4 is 9.47 Å². The molecular weight excluding hydrogens is 350 g/mol. The van der Waals surface area contributed by atoms with Gasteiger partial charge in [-0.1, -0.05) is 39.5 Å². The second kappa shape index (κ2) is 10.8. The van der Waals surface area contributed by atoms with Crippen LogP contribution in [-0.2, 0) is 4.79 Å². The number of rotatable bonds is 8. The molecule has 4 nitrogen and oxygen atoms in total. The van der Waals surface area contributed by atoms with Gasteiger partial charge in [0.2, 0.25) is 5.88 Å². The number of unbranched alkanes of at least 4 members (excludes halogenated alkanes) is 1. The third-order valence-electron chi connectivity index (χ3n) is 6.92. The Morgan fingerprint density at radius 2 is 1.68 bits per heavy atom. The Balaban J connectivity index is 1.40. The van der Waals surface area contributed by atoms with Gasteiger partial charge < -0.3 is 9.47 Å². The van der Waals surface area contributed by atoms with Crippen molar-refractivity contribution in [3.8, 4) is 11.6 Å². The van der Waals surface area contributed by atoms with Crippen molar-refractivity contribution in [2.45, 2.75) is 84.5 Å².